The topological polar surface area (TPSA) is 70.0 Å². The van der Waals surface area contributed by atoms with Crippen molar-refractivity contribution in [3.05, 3.63) is 48.6 Å². The second-order valence-corrected chi connectivity index (χ2v) is 15.2. The molecule has 0 heterocycles. The number of carbonyl (C=O) groups excluding carboxylic acids is 1. The zero-order valence-electron chi connectivity index (χ0n) is 31.1. The first-order valence-electron chi connectivity index (χ1n) is 18.7. The molecule has 0 atom stereocenters. The molecule has 0 saturated heterocycles. The Hall–Kier alpha value is -1.69. The Kier molecular flexibility index (Phi) is 28.4. The monoisotopic (exact) mass is 646 g/mol. The van der Waals surface area contributed by atoms with Crippen LogP contribution in [0.15, 0.2) is 48.6 Å². The van der Waals surface area contributed by atoms with Crippen molar-refractivity contribution >= 4 is 5.97 Å². The molecule has 0 aromatic rings. The van der Waals surface area contributed by atoms with Crippen LogP contribution in [0.2, 0.25) is 0 Å². The van der Waals surface area contributed by atoms with Gasteiger partial charge in [0.1, 0.15) is 6.10 Å². The van der Waals surface area contributed by atoms with E-state index in [0.717, 1.165) is 64.3 Å². The van der Waals surface area contributed by atoms with Crippen LogP contribution in [0.5, 0.6) is 0 Å². The van der Waals surface area contributed by atoms with Crippen molar-refractivity contribution in [1.29, 1.82) is 0 Å². The van der Waals surface area contributed by atoms with E-state index in [4.69, 9.17) is 14.9 Å². The van der Waals surface area contributed by atoms with E-state index in [1.807, 2.05) is 12.2 Å². The number of carbonyl (C=O) groups is 1. The highest BCUT2D eigenvalue weighted by Gasteiger charge is 2.32. The Balaban J connectivity index is 4.54. The van der Waals surface area contributed by atoms with Gasteiger partial charge in [0.2, 0.25) is 0 Å². The third-order valence-corrected chi connectivity index (χ3v) is 8.34. The smallest absolute Gasteiger partial charge is 0.306 e. The number of rotatable bonds is 31. The van der Waals surface area contributed by atoms with Gasteiger partial charge in [0.15, 0.2) is 0 Å². The Bertz CT molecular complexity index is 782. The van der Waals surface area contributed by atoms with Crippen LogP contribution in [-0.4, -0.2) is 61.0 Å². The fourth-order valence-electron chi connectivity index (χ4n) is 6.76. The van der Waals surface area contributed by atoms with Crippen LogP contribution in [-0.2, 0) is 9.53 Å². The zero-order chi connectivity index (χ0) is 34.4. The van der Waals surface area contributed by atoms with Gasteiger partial charge in [0, 0.05) is 6.54 Å². The molecule has 0 rings (SSSR count). The maximum atomic E-state index is 13.2. The SMILES string of the molecule is CN(C)CC(C)(C)CC(C)(C)CC(=O)OC(CCCCCCCCC=CCC=CCO)CCCCCCCCC=CCC=CCO. The number of esters is 1. The van der Waals surface area contributed by atoms with Crippen LogP contribution in [0.25, 0.3) is 0 Å². The van der Waals surface area contributed by atoms with E-state index in [-0.39, 0.29) is 36.1 Å². The maximum Gasteiger partial charge on any atom is 0.306 e. The number of hydrogen-bond acceptors (Lipinski definition) is 5. The number of allylic oxidation sites excluding steroid dienone is 6. The Morgan fingerprint density at radius 1 is 0.609 bits per heavy atom. The highest BCUT2D eigenvalue weighted by Crippen LogP contribution is 2.37. The highest BCUT2D eigenvalue weighted by molar-refractivity contribution is 5.70. The van der Waals surface area contributed by atoms with Crippen molar-refractivity contribution in [1.82, 2.24) is 4.90 Å². The lowest BCUT2D eigenvalue weighted by atomic mass is 9.73. The molecule has 0 unspecified atom stereocenters. The van der Waals surface area contributed by atoms with Gasteiger partial charge in [-0.05, 0) is 95.6 Å². The zero-order valence-corrected chi connectivity index (χ0v) is 31.1. The number of aliphatic hydroxyl groups excluding tert-OH is 2. The average molecular weight is 646 g/mol. The predicted molar refractivity (Wildman–Crippen MR) is 199 cm³/mol. The molecular weight excluding hydrogens is 570 g/mol. The quantitative estimate of drug-likeness (QED) is 0.0446. The summed E-state index contributed by atoms with van der Waals surface area (Å²) in [6.07, 6.45) is 38.8. The molecule has 0 aliphatic rings. The summed E-state index contributed by atoms with van der Waals surface area (Å²) in [5, 5.41) is 17.5. The van der Waals surface area contributed by atoms with Gasteiger partial charge in [0.25, 0.3) is 0 Å². The molecular formula is C41H75NO4. The molecule has 46 heavy (non-hydrogen) atoms. The number of aliphatic hydroxyl groups is 2. The van der Waals surface area contributed by atoms with Crippen LogP contribution in [0, 0.1) is 10.8 Å². The van der Waals surface area contributed by atoms with Crippen LogP contribution in [0.1, 0.15) is 156 Å². The molecule has 0 aromatic heterocycles. The fraction of sp³-hybridized carbons (Fsp3) is 0.780. The second kappa shape index (κ2) is 29.4. The van der Waals surface area contributed by atoms with Gasteiger partial charge >= 0.3 is 5.97 Å². The molecule has 0 spiro atoms. The predicted octanol–water partition coefficient (Wildman–Crippen LogP) is 10.5. The molecule has 5 heteroatoms. The van der Waals surface area contributed by atoms with Crippen molar-refractivity contribution in [2.75, 3.05) is 33.9 Å². The lowest BCUT2D eigenvalue weighted by molar-refractivity contribution is -0.152. The molecule has 0 aromatic carbocycles. The van der Waals surface area contributed by atoms with Crippen molar-refractivity contribution in [3.8, 4) is 0 Å². The molecule has 0 aliphatic carbocycles. The summed E-state index contributed by atoms with van der Waals surface area (Å²) in [6, 6.07) is 0. The van der Waals surface area contributed by atoms with E-state index in [2.05, 4.69) is 71.0 Å². The van der Waals surface area contributed by atoms with Crippen LogP contribution in [0.3, 0.4) is 0 Å². The van der Waals surface area contributed by atoms with Gasteiger partial charge in [0.05, 0.1) is 19.6 Å². The van der Waals surface area contributed by atoms with Crippen LogP contribution < -0.4 is 0 Å². The molecule has 5 nitrogen and oxygen atoms in total. The van der Waals surface area contributed by atoms with E-state index < -0.39 is 0 Å². The van der Waals surface area contributed by atoms with Crippen LogP contribution >= 0.6 is 0 Å². The molecule has 0 bridgehead atoms. The number of hydrogen-bond donors (Lipinski definition) is 2. The van der Waals surface area contributed by atoms with E-state index in [9.17, 15) is 4.79 Å². The van der Waals surface area contributed by atoms with E-state index in [1.165, 1.54) is 64.2 Å². The molecule has 0 radical (unpaired) electrons. The molecule has 0 amide bonds. The number of ether oxygens (including phenoxy) is 1. The normalized spacial score (nSPS) is 13.8. The van der Waals surface area contributed by atoms with Gasteiger partial charge in [-0.25, -0.2) is 0 Å². The Morgan fingerprint density at radius 3 is 1.46 bits per heavy atom. The Labute approximate surface area is 285 Å². The summed E-state index contributed by atoms with van der Waals surface area (Å²) in [5.74, 6) is -0.0181. The second-order valence-electron chi connectivity index (χ2n) is 15.2. The maximum absolute atomic E-state index is 13.2. The minimum atomic E-state index is -0.0855. The van der Waals surface area contributed by atoms with E-state index in [1.54, 1.807) is 12.2 Å². The molecule has 0 aliphatic heterocycles. The van der Waals surface area contributed by atoms with Crippen LogP contribution in [0.4, 0.5) is 0 Å². The summed E-state index contributed by atoms with van der Waals surface area (Å²) in [6.45, 7) is 10.3. The van der Waals surface area contributed by atoms with E-state index in [0.29, 0.717) is 6.42 Å². The lowest BCUT2D eigenvalue weighted by Gasteiger charge is -2.36. The number of unbranched alkanes of at least 4 members (excludes halogenated alkanes) is 12. The molecule has 0 saturated carbocycles. The molecule has 268 valence electrons. The highest BCUT2D eigenvalue weighted by atomic mass is 16.5. The van der Waals surface area contributed by atoms with Gasteiger partial charge in [-0.3, -0.25) is 4.79 Å². The summed E-state index contributed by atoms with van der Waals surface area (Å²) in [5.41, 5.74) is 0.0618. The molecule has 0 fully saturated rings. The first kappa shape index (κ1) is 44.3. The summed E-state index contributed by atoms with van der Waals surface area (Å²) in [4.78, 5) is 15.4. The van der Waals surface area contributed by atoms with Gasteiger partial charge in [-0.2, -0.15) is 0 Å². The summed E-state index contributed by atoms with van der Waals surface area (Å²) >= 11 is 0. The van der Waals surface area contributed by atoms with Gasteiger partial charge in [-0.1, -0.05) is 128 Å². The largest absolute Gasteiger partial charge is 0.462 e. The first-order valence-corrected chi connectivity index (χ1v) is 18.7. The van der Waals surface area contributed by atoms with E-state index >= 15 is 0 Å². The van der Waals surface area contributed by atoms with Crippen molar-refractivity contribution in [3.63, 3.8) is 0 Å². The number of nitrogens with zero attached hydrogens (tertiary/aromatic N) is 1. The Morgan fingerprint density at radius 2 is 1.02 bits per heavy atom. The van der Waals surface area contributed by atoms with Crippen molar-refractivity contribution < 1.29 is 19.7 Å². The fourth-order valence-corrected chi connectivity index (χ4v) is 6.76. The van der Waals surface area contributed by atoms with Gasteiger partial charge < -0.3 is 19.8 Å². The summed E-state index contributed by atoms with van der Waals surface area (Å²) < 4.78 is 6.19. The van der Waals surface area contributed by atoms with Crippen molar-refractivity contribution in [2.45, 2.75) is 162 Å². The van der Waals surface area contributed by atoms with Crippen molar-refractivity contribution in [2.24, 2.45) is 10.8 Å². The standard InChI is InChI=1S/C41H75NO4/c1-40(2,36-41(3,4)37-42(5)6)35-39(45)46-38(31-27-23-19-15-11-7-9-13-17-21-25-29-33-43)32-28-24-20-16-12-8-10-14-18-22-26-30-34-44/h13-14,17-18,25-26,29-30,38,43-44H,7-12,15-16,19-24,27-28,31-37H2,1-6H3. The lowest BCUT2D eigenvalue weighted by Crippen LogP contribution is -2.34. The third kappa shape index (κ3) is 30.9. The average Bonchev–Trinajstić information content (AvgIpc) is 2.96. The first-order chi connectivity index (χ1) is 22.0. The van der Waals surface area contributed by atoms with Gasteiger partial charge in [-0.15, -0.1) is 0 Å². The molecule has 2 N–H and O–H groups in total. The summed E-state index contributed by atoms with van der Waals surface area (Å²) in [7, 11) is 4.23. The third-order valence-electron chi connectivity index (χ3n) is 8.34. The minimum absolute atomic E-state index is 0.0181. The minimum Gasteiger partial charge on any atom is -0.462 e.